The molecule has 2 rings (SSSR count). The number of nitrogens with zero attached hydrogens (tertiary/aromatic N) is 3. The summed E-state index contributed by atoms with van der Waals surface area (Å²) in [6.07, 6.45) is 3.72. The minimum Gasteiger partial charge on any atom is -0.348 e. The molecular weight excluding hydrogens is 282 g/mol. The lowest BCUT2D eigenvalue weighted by atomic mass is 10.1. The van der Waals surface area contributed by atoms with Crippen LogP contribution in [0.1, 0.15) is 18.1 Å². The fourth-order valence-electron chi connectivity index (χ4n) is 2.11. The molecule has 0 radical (unpaired) electrons. The number of carbonyl (C=O) groups is 1. The first kappa shape index (κ1) is 15.6. The van der Waals surface area contributed by atoms with Crippen LogP contribution in [0, 0.1) is 13.8 Å². The molecule has 0 N–H and O–H groups in total. The molecule has 21 heavy (non-hydrogen) atoms. The van der Waals surface area contributed by atoms with Gasteiger partial charge in [-0.05, 0) is 38.0 Å². The minimum atomic E-state index is -0.161. The maximum Gasteiger partial charge on any atom is 0.235 e. The van der Waals surface area contributed by atoms with Gasteiger partial charge in [0.05, 0.1) is 10.9 Å². The fourth-order valence-corrected chi connectivity index (χ4v) is 3.13. The van der Waals surface area contributed by atoms with Crippen molar-refractivity contribution in [2.75, 3.05) is 14.1 Å². The van der Waals surface area contributed by atoms with Gasteiger partial charge in [0.1, 0.15) is 0 Å². The second-order valence-electron chi connectivity index (χ2n) is 5.36. The van der Waals surface area contributed by atoms with Crippen molar-refractivity contribution in [3.8, 4) is 5.69 Å². The Balaban J connectivity index is 2.31. The Morgan fingerprint density at radius 1 is 1.33 bits per heavy atom. The first-order valence-electron chi connectivity index (χ1n) is 6.89. The highest BCUT2D eigenvalue weighted by Crippen LogP contribution is 2.27. The lowest BCUT2D eigenvalue weighted by molar-refractivity contribution is -0.127. The van der Waals surface area contributed by atoms with Crippen LogP contribution in [0.3, 0.4) is 0 Å². The van der Waals surface area contributed by atoms with Gasteiger partial charge in [0.2, 0.25) is 5.91 Å². The molecule has 0 aliphatic rings. The molecule has 0 unspecified atom stereocenters. The molecule has 0 spiro atoms. The summed E-state index contributed by atoms with van der Waals surface area (Å²) in [5, 5.41) is 0.678. The van der Waals surface area contributed by atoms with Crippen LogP contribution in [0.5, 0.6) is 0 Å². The number of hydrogen-bond acceptors (Lipinski definition) is 3. The standard InChI is InChI=1S/C16H21N3OS/c1-11-6-7-12(2)14(10-11)19-9-8-17-16(19)21-13(3)15(20)18(4)5/h6-10,13H,1-5H3/t13-/m1/s1. The van der Waals surface area contributed by atoms with Gasteiger partial charge in [0, 0.05) is 26.5 Å². The molecule has 2 aromatic rings. The zero-order valence-electron chi connectivity index (χ0n) is 13.1. The Kier molecular flexibility index (Phi) is 4.73. The van der Waals surface area contributed by atoms with Crippen molar-refractivity contribution in [2.45, 2.75) is 31.2 Å². The van der Waals surface area contributed by atoms with Crippen LogP contribution in [0.15, 0.2) is 35.7 Å². The van der Waals surface area contributed by atoms with Gasteiger partial charge in [0.25, 0.3) is 0 Å². The third-order valence-electron chi connectivity index (χ3n) is 3.30. The van der Waals surface area contributed by atoms with E-state index in [9.17, 15) is 4.79 Å². The van der Waals surface area contributed by atoms with E-state index >= 15 is 0 Å². The van der Waals surface area contributed by atoms with E-state index in [0.717, 1.165) is 10.8 Å². The highest BCUT2D eigenvalue weighted by atomic mass is 32.2. The largest absolute Gasteiger partial charge is 0.348 e. The number of rotatable bonds is 4. The molecule has 1 heterocycles. The number of amides is 1. The third-order valence-corrected chi connectivity index (χ3v) is 4.37. The van der Waals surface area contributed by atoms with Crippen LogP contribution in [0.25, 0.3) is 5.69 Å². The number of thioether (sulfide) groups is 1. The SMILES string of the molecule is Cc1ccc(C)c(-n2ccnc2S[C@H](C)C(=O)N(C)C)c1. The van der Waals surface area contributed by atoms with Gasteiger partial charge in [-0.15, -0.1) is 0 Å². The number of benzene rings is 1. The number of imidazole rings is 1. The second-order valence-corrected chi connectivity index (χ2v) is 6.67. The van der Waals surface area contributed by atoms with Crippen molar-refractivity contribution >= 4 is 17.7 Å². The number of aryl methyl sites for hydroxylation is 2. The predicted octanol–water partition coefficient (Wildman–Crippen LogP) is 3.06. The summed E-state index contributed by atoms with van der Waals surface area (Å²) >= 11 is 1.48. The minimum absolute atomic E-state index is 0.0931. The molecule has 0 bridgehead atoms. The maximum absolute atomic E-state index is 12.0. The van der Waals surface area contributed by atoms with Crippen molar-refractivity contribution in [1.29, 1.82) is 0 Å². The zero-order chi connectivity index (χ0) is 15.6. The Morgan fingerprint density at radius 2 is 2.05 bits per heavy atom. The van der Waals surface area contributed by atoms with E-state index in [0.29, 0.717) is 0 Å². The summed E-state index contributed by atoms with van der Waals surface area (Å²) in [7, 11) is 3.55. The van der Waals surface area contributed by atoms with E-state index in [-0.39, 0.29) is 11.2 Å². The van der Waals surface area contributed by atoms with E-state index in [4.69, 9.17) is 0 Å². The van der Waals surface area contributed by atoms with Crippen molar-refractivity contribution in [3.05, 3.63) is 41.7 Å². The van der Waals surface area contributed by atoms with Crippen molar-refractivity contribution in [3.63, 3.8) is 0 Å². The van der Waals surface area contributed by atoms with E-state index in [2.05, 4.69) is 37.0 Å². The van der Waals surface area contributed by atoms with Gasteiger partial charge >= 0.3 is 0 Å². The Labute approximate surface area is 130 Å². The zero-order valence-corrected chi connectivity index (χ0v) is 13.9. The third kappa shape index (κ3) is 3.47. The molecular formula is C16H21N3OS. The van der Waals surface area contributed by atoms with Gasteiger partial charge in [0.15, 0.2) is 5.16 Å². The first-order valence-corrected chi connectivity index (χ1v) is 7.77. The number of hydrogen-bond donors (Lipinski definition) is 0. The molecule has 4 nitrogen and oxygen atoms in total. The average Bonchev–Trinajstić information content (AvgIpc) is 2.88. The van der Waals surface area contributed by atoms with Crippen LogP contribution >= 0.6 is 11.8 Å². The molecule has 0 saturated heterocycles. The summed E-state index contributed by atoms with van der Waals surface area (Å²) in [5.41, 5.74) is 3.50. The quantitative estimate of drug-likeness (QED) is 0.815. The lowest BCUT2D eigenvalue weighted by Gasteiger charge is -2.17. The number of carbonyl (C=O) groups excluding carboxylic acids is 1. The van der Waals surface area contributed by atoms with E-state index < -0.39 is 0 Å². The van der Waals surface area contributed by atoms with E-state index in [1.807, 2.05) is 17.7 Å². The normalized spacial score (nSPS) is 12.2. The highest BCUT2D eigenvalue weighted by molar-refractivity contribution is 8.00. The van der Waals surface area contributed by atoms with Crippen LogP contribution in [-0.4, -0.2) is 39.7 Å². The molecule has 0 aliphatic heterocycles. The van der Waals surface area contributed by atoms with Crippen LogP contribution in [-0.2, 0) is 4.79 Å². The molecule has 112 valence electrons. The van der Waals surface area contributed by atoms with Crippen LogP contribution in [0.2, 0.25) is 0 Å². The van der Waals surface area contributed by atoms with E-state index in [1.165, 1.54) is 22.9 Å². The topological polar surface area (TPSA) is 38.1 Å². The van der Waals surface area contributed by atoms with Gasteiger partial charge in [-0.1, -0.05) is 23.9 Å². The van der Waals surface area contributed by atoms with Gasteiger partial charge < -0.3 is 4.90 Å². The molecule has 5 heteroatoms. The monoisotopic (exact) mass is 303 g/mol. The summed E-state index contributed by atoms with van der Waals surface area (Å²) in [6, 6.07) is 6.34. The van der Waals surface area contributed by atoms with Gasteiger partial charge in [-0.2, -0.15) is 0 Å². The molecule has 1 amide bonds. The molecule has 1 aromatic heterocycles. The van der Waals surface area contributed by atoms with Crippen molar-refractivity contribution in [1.82, 2.24) is 14.5 Å². The smallest absolute Gasteiger partial charge is 0.235 e. The molecule has 0 fully saturated rings. The number of aromatic nitrogens is 2. The Morgan fingerprint density at radius 3 is 2.71 bits per heavy atom. The van der Waals surface area contributed by atoms with Gasteiger partial charge in [-0.25, -0.2) is 4.98 Å². The second kappa shape index (κ2) is 6.35. The van der Waals surface area contributed by atoms with Crippen molar-refractivity contribution in [2.24, 2.45) is 0 Å². The lowest BCUT2D eigenvalue weighted by Crippen LogP contribution is -2.29. The van der Waals surface area contributed by atoms with E-state index in [1.54, 1.807) is 25.2 Å². The van der Waals surface area contributed by atoms with Gasteiger partial charge in [-0.3, -0.25) is 9.36 Å². The summed E-state index contributed by atoms with van der Waals surface area (Å²) in [5.74, 6) is 0.0931. The maximum atomic E-state index is 12.0. The van der Waals surface area contributed by atoms with Crippen LogP contribution in [0.4, 0.5) is 0 Å². The first-order chi connectivity index (χ1) is 9.90. The average molecular weight is 303 g/mol. The molecule has 1 atom stereocenters. The summed E-state index contributed by atoms with van der Waals surface area (Å²) < 4.78 is 2.05. The Bertz CT molecular complexity index is 649. The molecule has 0 aliphatic carbocycles. The predicted molar refractivity (Wildman–Crippen MR) is 87.1 cm³/mol. The fraction of sp³-hybridized carbons (Fsp3) is 0.375. The Hall–Kier alpha value is -1.75. The highest BCUT2D eigenvalue weighted by Gasteiger charge is 2.19. The summed E-state index contributed by atoms with van der Waals surface area (Å²) in [6.45, 7) is 6.07. The van der Waals surface area contributed by atoms with Crippen molar-refractivity contribution < 1.29 is 4.79 Å². The summed E-state index contributed by atoms with van der Waals surface area (Å²) in [4.78, 5) is 18.0. The van der Waals surface area contributed by atoms with Crippen LogP contribution < -0.4 is 0 Å². The molecule has 1 aromatic carbocycles. The molecule has 0 saturated carbocycles.